The number of nitrogens with zero attached hydrogens (tertiary/aromatic N) is 1. The van der Waals surface area contributed by atoms with Crippen molar-refractivity contribution >= 4 is 11.9 Å². The third-order valence-corrected chi connectivity index (χ3v) is 3.17. The summed E-state index contributed by atoms with van der Waals surface area (Å²) in [6, 6.07) is 3.94. The van der Waals surface area contributed by atoms with Crippen LogP contribution < -0.4 is 9.47 Å². The first-order valence-corrected chi connectivity index (χ1v) is 6.77. The van der Waals surface area contributed by atoms with Crippen LogP contribution >= 0.6 is 0 Å². The maximum Gasteiger partial charge on any atom is 0.326 e. The maximum absolute atomic E-state index is 12.4. The predicted octanol–water partition coefficient (Wildman–Crippen LogP) is 2.03. The second-order valence-corrected chi connectivity index (χ2v) is 4.48. The topological polar surface area (TPSA) is 76.1 Å². The van der Waals surface area contributed by atoms with Crippen molar-refractivity contribution in [2.45, 2.75) is 26.3 Å². The highest BCUT2D eigenvalue weighted by Crippen LogP contribution is 2.28. The number of aliphatic carboxylic acids is 1. The van der Waals surface area contributed by atoms with Gasteiger partial charge in [0.2, 0.25) is 0 Å². The summed E-state index contributed by atoms with van der Waals surface area (Å²) in [7, 11) is 3.00. The van der Waals surface area contributed by atoms with Crippen LogP contribution in [0.15, 0.2) is 18.2 Å². The molecule has 6 heteroatoms. The summed E-state index contributed by atoms with van der Waals surface area (Å²) in [5, 5.41) is 9.12. The van der Waals surface area contributed by atoms with Crippen LogP contribution in [-0.4, -0.2) is 48.7 Å². The molecule has 1 N–H and O–H groups in total. The molecule has 1 amide bonds. The van der Waals surface area contributed by atoms with E-state index in [1.165, 1.54) is 19.1 Å². The minimum absolute atomic E-state index is 0.339. The smallest absolute Gasteiger partial charge is 0.326 e. The van der Waals surface area contributed by atoms with Crippen molar-refractivity contribution in [3.05, 3.63) is 23.8 Å². The average Bonchev–Trinajstić information content (AvgIpc) is 2.47. The Bertz CT molecular complexity index is 515. The second kappa shape index (κ2) is 7.52. The van der Waals surface area contributed by atoms with Gasteiger partial charge in [0.25, 0.3) is 5.91 Å². The van der Waals surface area contributed by atoms with E-state index in [0.717, 1.165) is 0 Å². The van der Waals surface area contributed by atoms with Gasteiger partial charge in [-0.15, -0.1) is 0 Å². The highest BCUT2D eigenvalue weighted by molar-refractivity contribution is 5.97. The van der Waals surface area contributed by atoms with Crippen molar-refractivity contribution < 1.29 is 24.2 Å². The molecular weight excluding hydrogens is 274 g/mol. The third kappa shape index (κ3) is 3.87. The van der Waals surface area contributed by atoms with Crippen LogP contribution in [0.5, 0.6) is 11.5 Å². The van der Waals surface area contributed by atoms with E-state index in [2.05, 4.69) is 0 Å². The molecule has 0 saturated heterocycles. The molecule has 0 aromatic heterocycles. The molecule has 0 spiro atoms. The van der Waals surface area contributed by atoms with Gasteiger partial charge in [-0.2, -0.15) is 0 Å². The van der Waals surface area contributed by atoms with Crippen LogP contribution in [-0.2, 0) is 4.79 Å². The first-order valence-electron chi connectivity index (χ1n) is 6.77. The van der Waals surface area contributed by atoms with Crippen LogP contribution in [0.2, 0.25) is 0 Å². The number of carboxylic acid groups (broad SMARTS) is 1. The van der Waals surface area contributed by atoms with Crippen LogP contribution in [0.25, 0.3) is 0 Å². The van der Waals surface area contributed by atoms with Gasteiger partial charge in [0.15, 0.2) is 11.5 Å². The number of rotatable bonds is 7. The molecular formula is C15H21NO5. The number of benzene rings is 1. The van der Waals surface area contributed by atoms with Crippen LogP contribution in [0.4, 0.5) is 0 Å². The summed E-state index contributed by atoms with van der Waals surface area (Å²) in [5.74, 6) is -0.399. The van der Waals surface area contributed by atoms with E-state index in [-0.39, 0.29) is 5.91 Å². The summed E-state index contributed by atoms with van der Waals surface area (Å²) < 4.78 is 10.6. The highest BCUT2D eigenvalue weighted by atomic mass is 16.5. The van der Waals surface area contributed by atoms with Gasteiger partial charge in [0.1, 0.15) is 6.04 Å². The van der Waals surface area contributed by atoms with Crippen molar-refractivity contribution in [1.29, 1.82) is 0 Å². The summed E-state index contributed by atoms with van der Waals surface area (Å²) in [4.78, 5) is 24.7. The van der Waals surface area contributed by atoms with Gasteiger partial charge >= 0.3 is 5.97 Å². The van der Waals surface area contributed by atoms with Crippen LogP contribution in [0.1, 0.15) is 30.6 Å². The van der Waals surface area contributed by atoms with E-state index < -0.39 is 12.0 Å². The Morgan fingerprint density at radius 2 is 1.95 bits per heavy atom. The molecule has 0 radical (unpaired) electrons. The molecule has 1 rings (SSSR count). The lowest BCUT2D eigenvalue weighted by atomic mass is 10.1. The monoisotopic (exact) mass is 295 g/mol. The minimum Gasteiger partial charge on any atom is -0.493 e. The van der Waals surface area contributed by atoms with E-state index in [0.29, 0.717) is 30.1 Å². The molecule has 0 aliphatic rings. The molecule has 21 heavy (non-hydrogen) atoms. The van der Waals surface area contributed by atoms with Gasteiger partial charge < -0.3 is 19.5 Å². The van der Waals surface area contributed by atoms with Crippen molar-refractivity contribution in [3.63, 3.8) is 0 Å². The standard InChI is InChI=1S/C15H21NO5/c1-5-11(15(18)19)16(3)14(17)10-7-8-12(20-4)13(9-10)21-6-2/h7-9,11H,5-6H2,1-4H3,(H,18,19). The third-order valence-electron chi connectivity index (χ3n) is 3.17. The number of carboxylic acids is 1. The molecule has 1 aromatic carbocycles. The Kier molecular flexibility index (Phi) is 6.02. The number of hydrogen-bond acceptors (Lipinski definition) is 4. The van der Waals surface area contributed by atoms with E-state index in [4.69, 9.17) is 14.6 Å². The van der Waals surface area contributed by atoms with Gasteiger partial charge in [-0.05, 0) is 31.5 Å². The number of carbonyl (C=O) groups is 2. The molecule has 1 unspecified atom stereocenters. The zero-order valence-electron chi connectivity index (χ0n) is 12.8. The molecule has 0 heterocycles. The number of ether oxygens (including phenoxy) is 2. The SMILES string of the molecule is CCOc1cc(C(=O)N(C)C(CC)C(=O)O)ccc1OC. The maximum atomic E-state index is 12.4. The van der Waals surface area contributed by atoms with Crippen LogP contribution in [0.3, 0.4) is 0 Å². The van der Waals surface area contributed by atoms with Crippen LogP contribution in [0, 0.1) is 0 Å². The molecule has 1 aromatic rings. The first kappa shape index (κ1) is 16.8. The van der Waals surface area contributed by atoms with Crippen molar-refractivity contribution in [1.82, 2.24) is 4.90 Å². The fraction of sp³-hybridized carbons (Fsp3) is 0.467. The normalized spacial score (nSPS) is 11.6. The predicted molar refractivity (Wildman–Crippen MR) is 78.0 cm³/mol. The number of methoxy groups -OCH3 is 1. The summed E-state index contributed by atoms with van der Waals surface area (Å²) in [6.07, 6.45) is 0.339. The number of carbonyl (C=O) groups excluding carboxylic acids is 1. The second-order valence-electron chi connectivity index (χ2n) is 4.48. The number of likely N-dealkylation sites (N-methyl/N-ethyl adjacent to an activating group) is 1. The van der Waals surface area contributed by atoms with E-state index in [1.54, 1.807) is 25.1 Å². The number of hydrogen-bond donors (Lipinski definition) is 1. The van der Waals surface area contributed by atoms with Gasteiger partial charge in [0.05, 0.1) is 13.7 Å². The molecule has 116 valence electrons. The van der Waals surface area contributed by atoms with Gasteiger partial charge in [0, 0.05) is 12.6 Å². The van der Waals surface area contributed by atoms with E-state index in [1.807, 2.05) is 6.92 Å². The van der Waals surface area contributed by atoms with Gasteiger partial charge in [-0.1, -0.05) is 6.92 Å². The lowest BCUT2D eigenvalue weighted by Gasteiger charge is -2.24. The minimum atomic E-state index is -1.02. The molecule has 0 aliphatic heterocycles. The van der Waals surface area contributed by atoms with Gasteiger partial charge in [-0.3, -0.25) is 4.79 Å². The van der Waals surface area contributed by atoms with E-state index in [9.17, 15) is 9.59 Å². The molecule has 6 nitrogen and oxygen atoms in total. The zero-order chi connectivity index (χ0) is 16.0. The summed E-state index contributed by atoms with van der Waals surface area (Å²) >= 11 is 0. The molecule has 0 fully saturated rings. The molecule has 1 atom stereocenters. The number of amides is 1. The fourth-order valence-corrected chi connectivity index (χ4v) is 2.04. The lowest BCUT2D eigenvalue weighted by Crippen LogP contribution is -2.41. The Hall–Kier alpha value is -2.24. The summed E-state index contributed by atoms with van der Waals surface area (Å²) in [5.41, 5.74) is 0.362. The molecule has 0 aliphatic carbocycles. The van der Waals surface area contributed by atoms with Gasteiger partial charge in [-0.25, -0.2) is 4.79 Å². The van der Waals surface area contributed by atoms with E-state index >= 15 is 0 Å². The van der Waals surface area contributed by atoms with Crippen molar-refractivity contribution in [2.75, 3.05) is 20.8 Å². The highest BCUT2D eigenvalue weighted by Gasteiger charge is 2.26. The van der Waals surface area contributed by atoms with Crippen molar-refractivity contribution in [2.24, 2.45) is 0 Å². The Labute approximate surface area is 124 Å². The zero-order valence-corrected chi connectivity index (χ0v) is 12.8. The Morgan fingerprint density at radius 1 is 1.29 bits per heavy atom. The largest absolute Gasteiger partial charge is 0.493 e. The summed E-state index contributed by atoms with van der Waals surface area (Å²) in [6.45, 7) is 4.00. The molecule has 0 bridgehead atoms. The Morgan fingerprint density at radius 3 is 2.43 bits per heavy atom. The lowest BCUT2D eigenvalue weighted by molar-refractivity contribution is -0.142. The van der Waals surface area contributed by atoms with Crippen molar-refractivity contribution in [3.8, 4) is 11.5 Å². The average molecular weight is 295 g/mol. The molecule has 0 saturated carbocycles. The first-order chi connectivity index (χ1) is 9.96. The quantitative estimate of drug-likeness (QED) is 0.833. The Balaban J connectivity index is 3.06. The fourth-order valence-electron chi connectivity index (χ4n) is 2.04.